The third-order valence-electron chi connectivity index (χ3n) is 4.95. The summed E-state index contributed by atoms with van der Waals surface area (Å²) < 4.78 is 0. The first-order valence-electron chi connectivity index (χ1n) is 8.12. The summed E-state index contributed by atoms with van der Waals surface area (Å²) in [7, 11) is 0. The van der Waals surface area contributed by atoms with Gasteiger partial charge in [-0.05, 0) is 30.9 Å². The number of nitrogens with one attached hydrogen (secondary N) is 2. The second kappa shape index (κ2) is 6.43. The van der Waals surface area contributed by atoms with Gasteiger partial charge < -0.3 is 10.6 Å². The molecule has 0 bridgehead atoms. The lowest BCUT2D eigenvalue weighted by molar-refractivity contribution is -0.136. The summed E-state index contributed by atoms with van der Waals surface area (Å²) in [5.41, 5.74) is -0.392. The lowest BCUT2D eigenvalue weighted by atomic mass is 9.73. The predicted octanol–water partition coefficient (Wildman–Crippen LogP) is 2.78. The second-order valence-electron chi connectivity index (χ2n) is 6.47. The first-order valence-corrected chi connectivity index (χ1v) is 8.50. The minimum Gasteiger partial charge on any atom is -0.323 e. The Labute approximate surface area is 145 Å². The van der Waals surface area contributed by atoms with Gasteiger partial charge in [-0.2, -0.15) is 0 Å². The van der Waals surface area contributed by atoms with Gasteiger partial charge in [-0.25, -0.2) is 4.79 Å². The monoisotopic (exact) mass is 349 g/mol. The Balaban J connectivity index is 1.71. The zero-order valence-corrected chi connectivity index (χ0v) is 14.2. The number of benzene rings is 1. The van der Waals surface area contributed by atoms with Crippen LogP contribution in [-0.4, -0.2) is 34.8 Å². The van der Waals surface area contributed by atoms with Crippen LogP contribution >= 0.6 is 11.6 Å². The maximum Gasteiger partial charge on any atom is 0.325 e. The van der Waals surface area contributed by atoms with Crippen molar-refractivity contribution < 1.29 is 14.4 Å². The van der Waals surface area contributed by atoms with Crippen molar-refractivity contribution in [2.24, 2.45) is 5.92 Å². The van der Waals surface area contributed by atoms with E-state index in [0.717, 1.165) is 24.2 Å². The van der Waals surface area contributed by atoms with Gasteiger partial charge in [0.15, 0.2) is 0 Å². The molecule has 6 nitrogen and oxygen atoms in total. The number of carbonyl (C=O) groups excluding carboxylic acids is 3. The van der Waals surface area contributed by atoms with Crippen LogP contribution in [0.5, 0.6) is 0 Å². The minimum absolute atomic E-state index is 0.0688. The van der Waals surface area contributed by atoms with Gasteiger partial charge in [0.2, 0.25) is 5.91 Å². The zero-order valence-electron chi connectivity index (χ0n) is 13.5. The topological polar surface area (TPSA) is 78.5 Å². The molecule has 2 aliphatic rings. The number of nitrogens with zero attached hydrogens (tertiary/aromatic N) is 1. The highest BCUT2D eigenvalue weighted by molar-refractivity contribution is 6.33. The van der Waals surface area contributed by atoms with Crippen LogP contribution in [0.2, 0.25) is 5.02 Å². The molecule has 1 saturated carbocycles. The van der Waals surface area contributed by atoms with E-state index in [1.807, 2.05) is 6.92 Å². The Bertz CT molecular complexity index is 693. The molecule has 1 spiro atoms. The first-order chi connectivity index (χ1) is 11.4. The molecule has 2 atom stereocenters. The van der Waals surface area contributed by atoms with Crippen molar-refractivity contribution in [1.29, 1.82) is 0 Å². The van der Waals surface area contributed by atoms with Gasteiger partial charge in [-0.15, -0.1) is 0 Å². The van der Waals surface area contributed by atoms with Crippen LogP contribution < -0.4 is 10.6 Å². The Morgan fingerprint density at radius 1 is 1.38 bits per heavy atom. The van der Waals surface area contributed by atoms with E-state index in [2.05, 4.69) is 10.6 Å². The Hall–Kier alpha value is -2.08. The van der Waals surface area contributed by atoms with Crippen molar-refractivity contribution in [3.8, 4) is 0 Å². The minimum atomic E-state index is -0.847. The fraction of sp³-hybridized carbons (Fsp3) is 0.471. The lowest BCUT2D eigenvalue weighted by Crippen LogP contribution is -2.54. The van der Waals surface area contributed by atoms with Crippen molar-refractivity contribution in [3.63, 3.8) is 0 Å². The zero-order chi connectivity index (χ0) is 17.3. The first kappa shape index (κ1) is 16.8. The van der Waals surface area contributed by atoms with E-state index in [9.17, 15) is 14.4 Å². The average Bonchev–Trinajstić information content (AvgIpc) is 2.78. The quantitative estimate of drug-likeness (QED) is 0.823. The molecule has 1 aromatic carbocycles. The largest absolute Gasteiger partial charge is 0.325 e. The number of amides is 4. The van der Waals surface area contributed by atoms with Crippen LogP contribution in [0.3, 0.4) is 0 Å². The second-order valence-corrected chi connectivity index (χ2v) is 6.87. The number of halogens is 1. The predicted molar refractivity (Wildman–Crippen MR) is 90.7 cm³/mol. The third kappa shape index (κ3) is 2.86. The molecule has 1 aromatic rings. The Kier molecular flexibility index (Phi) is 4.49. The average molecular weight is 350 g/mol. The molecule has 0 radical (unpaired) electrons. The number of anilines is 1. The third-order valence-corrected chi connectivity index (χ3v) is 5.28. The van der Waals surface area contributed by atoms with Crippen LogP contribution in [0.1, 0.15) is 32.6 Å². The number of urea groups is 1. The smallest absolute Gasteiger partial charge is 0.323 e. The van der Waals surface area contributed by atoms with E-state index in [4.69, 9.17) is 11.6 Å². The molecule has 4 amide bonds. The van der Waals surface area contributed by atoms with Gasteiger partial charge in [-0.3, -0.25) is 14.5 Å². The molecule has 1 aliphatic heterocycles. The van der Waals surface area contributed by atoms with E-state index in [0.29, 0.717) is 17.1 Å². The molecule has 7 heteroatoms. The van der Waals surface area contributed by atoms with E-state index in [1.165, 1.54) is 0 Å². The van der Waals surface area contributed by atoms with Gasteiger partial charge in [0.1, 0.15) is 12.1 Å². The van der Waals surface area contributed by atoms with Crippen molar-refractivity contribution in [2.45, 2.75) is 38.1 Å². The maximum atomic E-state index is 12.8. The molecule has 2 N–H and O–H groups in total. The SMILES string of the molecule is C[C@H]1CCCC[C@@]12NC(=O)N(CC(=O)Nc1ccccc1Cl)C2=O. The molecule has 2 fully saturated rings. The molecule has 1 heterocycles. The summed E-state index contributed by atoms with van der Waals surface area (Å²) in [6.07, 6.45) is 3.47. The highest BCUT2D eigenvalue weighted by atomic mass is 35.5. The summed E-state index contributed by atoms with van der Waals surface area (Å²) in [6.45, 7) is 1.66. The van der Waals surface area contributed by atoms with Crippen molar-refractivity contribution in [1.82, 2.24) is 10.2 Å². The molecule has 128 valence electrons. The van der Waals surface area contributed by atoms with Crippen LogP contribution in [0.4, 0.5) is 10.5 Å². The Morgan fingerprint density at radius 3 is 2.83 bits per heavy atom. The van der Waals surface area contributed by atoms with Crippen LogP contribution in [0.25, 0.3) is 0 Å². The summed E-state index contributed by atoms with van der Waals surface area (Å²) >= 11 is 6.00. The standard InChI is InChI=1S/C17H20ClN3O3/c1-11-6-4-5-9-17(11)15(23)21(16(24)20-17)10-14(22)19-13-8-3-2-7-12(13)18/h2-3,7-8,11H,4-6,9-10H2,1H3,(H,19,22)(H,20,24)/t11-,17+/m0/s1. The molecule has 1 saturated heterocycles. The number of carbonyl (C=O) groups is 3. The van der Waals surface area contributed by atoms with Gasteiger partial charge >= 0.3 is 6.03 Å². The highest BCUT2D eigenvalue weighted by Crippen LogP contribution is 2.38. The summed E-state index contributed by atoms with van der Waals surface area (Å²) in [5, 5.41) is 5.87. The number of hydrogen-bond donors (Lipinski definition) is 2. The lowest BCUT2D eigenvalue weighted by Gasteiger charge is -2.36. The van der Waals surface area contributed by atoms with E-state index in [1.54, 1.807) is 24.3 Å². The highest BCUT2D eigenvalue weighted by Gasteiger charge is 2.55. The van der Waals surface area contributed by atoms with Gasteiger partial charge in [-0.1, -0.05) is 43.5 Å². The van der Waals surface area contributed by atoms with Crippen molar-refractivity contribution in [2.75, 3.05) is 11.9 Å². The summed E-state index contributed by atoms with van der Waals surface area (Å²) in [5.74, 6) is -0.680. The number of hydrogen-bond acceptors (Lipinski definition) is 3. The maximum absolute atomic E-state index is 12.8. The van der Waals surface area contributed by atoms with Crippen LogP contribution in [0, 0.1) is 5.92 Å². The fourth-order valence-corrected chi connectivity index (χ4v) is 3.72. The molecular formula is C17H20ClN3O3. The normalized spacial score (nSPS) is 26.6. The fourth-order valence-electron chi connectivity index (χ4n) is 3.53. The summed E-state index contributed by atoms with van der Waals surface area (Å²) in [6, 6.07) is 6.32. The molecule has 1 aliphatic carbocycles. The van der Waals surface area contributed by atoms with E-state index in [-0.39, 0.29) is 18.4 Å². The molecule has 0 aromatic heterocycles. The van der Waals surface area contributed by atoms with E-state index < -0.39 is 17.5 Å². The van der Waals surface area contributed by atoms with Crippen LogP contribution in [0.15, 0.2) is 24.3 Å². The van der Waals surface area contributed by atoms with Gasteiger partial charge in [0.25, 0.3) is 5.91 Å². The molecule has 0 unspecified atom stereocenters. The summed E-state index contributed by atoms with van der Waals surface area (Å²) in [4.78, 5) is 38.3. The van der Waals surface area contributed by atoms with E-state index >= 15 is 0 Å². The van der Waals surface area contributed by atoms with Crippen molar-refractivity contribution in [3.05, 3.63) is 29.3 Å². The number of imide groups is 1. The van der Waals surface area contributed by atoms with Crippen LogP contribution in [-0.2, 0) is 9.59 Å². The van der Waals surface area contributed by atoms with Gasteiger partial charge in [0, 0.05) is 0 Å². The van der Waals surface area contributed by atoms with Crippen molar-refractivity contribution >= 4 is 35.1 Å². The number of para-hydroxylation sites is 1. The molecule has 3 rings (SSSR count). The van der Waals surface area contributed by atoms with Gasteiger partial charge in [0.05, 0.1) is 10.7 Å². The molecular weight excluding hydrogens is 330 g/mol. The molecule has 24 heavy (non-hydrogen) atoms. The Morgan fingerprint density at radius 2 is 2.12 bits per heavy atom. The number of rotatable bonds is 3.